The van der Waals surface area contributed by atoms with Gasteiger partial charge in [-0.1, -0.05) is 23.2 Å². The van der Waals surface area contributed by atoms with Gasteiger partial charge in [0, 0.05) is 37.2 Å². The zero-order valence-corrected chi connectivity index (χ0v) is 17.4. The molecule has 1 aliphatic heterocycles. The first-order valence-electron chi connectivity index (χ1n) is 8.80. The molecule has 0 radical (unpaired) electrons. The number of ketones is 1. The number of aromatic nitrogens is 1. The summed E-state index contributed by atoms with van der Waals surface area (Å²) in [4.78, 5) is 39.0. The van der Waals surface area contributed by atoms with E-state index in [0.717, 1.165) is 29.3 Å². The number of carbonyl (C=O) groups excluding carboxylic acids is 3. The smallest absolute Gasteiger partial charge is 0.262 e. The lowest BCUT2D eigenvalue weighted by Crippen LogP contribution is -2.35. The molecule has 2 aromatic rings. The molecule has 28 heavy (non-hydrogen) atoms. The number of hydrogen-bond donors (Lipinski definition) is 0. The van der Waals surface area contributed by atoms with Crippen LogP contribution in [0.2, 0.25) is 10.0 Å². The van der Waals surface area contributed by atoms with Crippen molar-refractivity contribution in [1.82, 2.24) is 9.47 Å². The van der Waals surface area contributed by atoms with Gasteiger partial charge in [0.1, 0.15) is 0 Å². The minimum Gasteiger partial charge on any atom is -0.385 e. The number of fused-ring (bicyclic) bond motifs is 1. The summed E-state index contributed by atoms with van der Waals surface area (Å²) < 4.78 is 7.11. The average molecular weight is 423 g/mol. The molecule has 6 nitrogen and oxygen atoms in total. The molecule has 1 aliphatic rings. The van der Waals surface area contributed by atoms with Crippen LogP contribution in [0.25, 0.3) is 0 Å². The fourth-order valence-corrected chi connectivity index (χ4v) is 3.78. The van der Waals surface area contributed by atoms with Gasteiger partial charge in [0.2, 0.25) is 0 Å². The highest BCUT2D eigenvalue weighted by Gasteiger charge is 2.37. The van der Waals surface area contributed by atoms with E-state index in [4.69, 9.17) is 27.9 Å². The summed E-state index contributed by atoms with van der Waals surface area (Å²) in [7, 11) is 1.65. The lowest BCUT2D eigenvalue weighted by Gasteiger charge is -2.13. The third-order valence-corrected chi connectivity index (χ3v) is 5.64. The summed E-state index contributed by atoms with van der Waals surface area (Å²) in [5.74, 6) is -1.38. The molecule has 2 heterocycles. The van der Waals surface area contributed by atoms with Crippen molar-refractivity contribution in [2.24, 2.45) is 0 Å². The molecule has 0 fully saturated rings. The first-order chi connectivity index (χ1) is 13.3. The van der Waals surface area contributed by atoms with Crippen LogP contribution in [0.3, 0.4) is 0 Å². The number of carbonyl (C=O) groups is 3. The van der Waals surface area contributed by atoms with E-state index in [1.807, 2.05) is 18.4 Å². The summed E-state index contributed by atoms with van der Waals surface area (Å²) in [5.41, 5.74) is 2.58. The molecule has 0 N–H and O–H groups in total. The summed E-state index contributed by atoms with van der Waals surface area (Å²) in [6.45, 7) is 4.80. The van der Waals surface area contributed by atoms with Crippen molar-refractivity contribution in [3.8, 4) is 0 Å². The van der Waals surface area contributed by atoms with E-state index < -0.39 is 11.8 Å². The van der Waals surface area contributed by atoms with Gasteiger partial charge in [-0.15, -0.1) is 0 Å². The monoisotopic (exact) mass is 422 g/mol. The Labute approximate surface area is 173 Å². The predicted octanol–water partition coefficient (Wildman–Crippen LogP) is 3.93. The number of rotatable bonds is 7. The lowest BCUT2D eigenvalue weighted by molar-refractivity contribution is 0.0624. The van der Waals surface area contributed by atoms with Crippen molar-refractivity contribution in [3.63, 3.8) is 0 Å². The molecule has 8 heteroatoms. The van der Waals surface area contributed by atoms with Gasteiger partial charge in [0.05, 0.1) is 27.7 Å². The second kappa shape index (κ2) is 8.07. The van der Waals surface area contributed by atoms with Crippen molar-refractivity contribution in [2.75, 3.05) is 20.3 Å². The van der Waals surface area contributed by atoms with Crippen molar-refractivity contribution in [2.45, 2.75) is 26.8 Å². The van der Waals surface area contributed by atoms with Crippen molar-refractivity contribution in [3.05, 3.63) is 56.3 Å². The number of aryl methyl sites for hydroxylation is 1. The number of nitrogens with zero attached hydrogens (tertiary/aromatic N) is 2. The number of benzene rings is 1. The van der Waals surface area contributed by atoms with Crippen LogP contribution in [-0.4, -0.2) is 47.3 Å². The summed E-state index contributed by atoms with van der Waals surface area (Å²) in [6, 6.07) is 4.52. The standard InChI is InChI=1S/C20H20Cl2N2O4/c1-11-7-13(12(2)23(11)5-4-6-28-3)18(25)10-24-19(26)14-8-16(21)17(22)9-15(14)20(24)27/h7-9H,4-6,10H2,1-3H3. The number of halogens is 2. The minimum absolute atomic E-state index is 0.164. The topological polar surface area (TPSA) is 68.6 Å². The number of ether oxygens (including phenoxy) is 1. The molecule has 0 atom stereocenters. The van der Waals surface area contributed by atoms with E-state index in [-0.39, 0.29) is 33.5 Å². The maximum absolute atomic E-state index is 12.9. The fourth-order valence-electron chi connectivity index (χ4n) is 3.45. The SMILES string of the molecule is COCCCn1c(C)cc(C(=O)CN2C(=O)c3cc(Cl)c(Cl)cc3C2=O)c1C. The summed E-state index contributed by atoms with van der Waals surface area (Å²) >= 11 is 11.9. The second-order valence-corrected chi connectivity index (χ2v) is 7.53. The molecular formula is C20H20Cl2N2O4. The molecule has 1 aromatic heterocycles. The molecule has 1 aromatic carbocycles. The number of amides is 2. The van der Waals surface area contributed by atoms with Gasteiger partial charge in [-0.3, -0.25) is 19.3 Å². The van der Waals surface area contributed by atoms with Gasteiger partial charge >= 0.3 is 0 Å². The average Bonchev–Trinajstić information content (AvgIpc) is 3.05. The third kappa shape index (κ3) is 3.60. The van der Waals surface area contributed by atoms with Crippen molar-refractivity contribution < 1.29 is 19.1 Å². The van der Waals surface area contributed by atoms with Gasteiger partial charge < -0.3 is 9.30 Å². The minimum atomic E-state index is -0.541. The molecule has 148 valence electrons. The van der Waals surface area contributed by atoms with Gasteiger partial charge in [-0.25, -0.2) is 0 Å². The number of hydrogen-bond acceptors (Lipinski definition) is 4. The van der Waals surface area contributed by atoms with Crippen molar-refractivity contribution >= 4 is 40.8 Å². The molecule has 0 spiro atoms. The lowest BCUT2D eigenvalue weighted by atomic mass is 10.1. The molecule has 3 rings (SSSR count). The molecule has 0 saturated carbocycles. The molecule has 0 bridgehead atoms. The number of imide groups is 1. The Kier molecular flexibility index (Phi) is 5.93. The number of methoxy groups -OCH3 is 1. The zero-order valence-electron chi connectivity index (χ0n) is 15.8. The molecular weight excluding hydrogens is 403 g/mol. The van der Waals surface area contributed by atoms with Crippen LogP contribution < -0.4 is 0 Å². The quantitative estimate of drug-likeness (QED) is 0.385. The van der Waals surface area contributed by atoms with Gasteiger partial charge in [-0.05, 0) is 38.5 Å². The Morgan fingerprint density at radius 3 is 2.14 bits per heavy atom. The van der Waals surface area contributed by atoms with Crippen LogP contribution in [0.4, 0.5) is 0 Å². The maximum atomic E-state index is 12.9. The van der Waals surface area contributed by atoms with Crippen LogP contribution in [0.1, 0.15) is 48.9 Å². The molecule has 2 amide bonds. The maximum Gasteiger partial charge on any atom is 0.262 e. The van der Waals surface area contributed by atoms with E-state index in [9.17, 15) is 14.4 Å². The molecule has 0 aliphatic carbocycles. The van der Waals surface area contributed by atoms with Crippen LogP contribution in [0.5, 0.6) is 0 Å². The van der Waals surface area contributed by atoms with E-state index in [1.54, 1.807) is 13.2 Å². The Bertz CT molecular complexity index is 940. The Balaban J connectivity index is 1.81. The van der Waals surface area contributed by atoms with Crippen LogP contribution >= 0.6 is 23.2 Å². The third-order valence-electron chi connectivity index (χ3n) is 4.92. The normalized spacial score (nSPS) is 13.4. The first kappa shape index (κ1) is 20.6. The Hall–Kier alpha value is -2.15. The summed E-state index contributed by atoms with van der Waals surface area (Å²) in [5, 5.41) is 0.378. The largest absolute Gasteiger partial charge is 0.385 e. The van der Waals surface area contributed by atoms with Crippen molar-refractivity contribution in [1.29, 1.82) is 0 Å². The first-order valence-corrected chi connectivity index (χ1v) is 9.56. The van der Waals surface area contributed by atoms with E-state index in [1.165, 1.54) is 12.1 Å². The second-order valence-electron chi connectivity index (χ2n) is 6.71. The van der Waals surface area contributed by atoms with E-state index >= 15 is 0 Å². The predicted molar refractivity (Wildman–Crippen MR) is 107 cm³/mol. The summed E-state index contributed by atoms with van der Waals surface area (Å²) in [6.07, 6.45) is 0.820. The van der Waals surface area contributed by atoms with E-state index in [2.05, 4.69) is 0 Å². The Morgan fingerprint density at radius 1 is 1.04 bits per heavy atom. The Morgan fingerprint density at radius 2 is 1.61 bits per heavy atom. The van der Waals surface area contributed by atoms with Crippen LogP contribution in [-0.2, 0) is 11.3 Å². The fraction of sp³-hybridized carbons (Fsp3) is 0.350. The highest BCUT2D eigenvalue weighted by atomic mass is 35.5. The highest BCUT2D eigenvalue weighted by Crippen LogP contribution is 2.31. The van der Waals surface area contributed by atoms with E-state index in [0.29, 0.717) is 12.2 Å². The molecule has 0 unspecified atom stereocenters. The van der Waals surface area contributed by atoms with Gasteiger partial charge in [0.25, 0.3) is 11.8 Å². The van der Waals surface area contributed by atoms with Crippen LogP contribution in [0.15, 0.2) is 18.2 Å². The highest BCUT2D eigenvalue weighted by molar-refractivity contribution is 6.43. The van der Waals surface area contributed by atoms with Gasteiger partial charge in [0.15, 0.2) is 5.78 Å². The van der Waals surface area contributed by atoms with Crippen LogP contribution in [0, 0.1) is 13.8 Å². The zero-order chi connectivity index (χ0) is 20.6. The van der Waals surface area contributed by atoms with Gasteiger partial charge in [-0.2, -0.15) is 0 Å². The number of Topliss-reactive ketones (excluding diaryl/α,β-unsaturated/α-hetero) is 1. The molecule has 0 saturated heterocycles.